The van der Waals surface area contributed by atoms with E-state index in [2.05, 4.69) is 5.32 Å². The number of para-hydroxylation sites is 1. The quantitative estimate of drug-likeness (QED) is 0.182. The van der Waals surface area contributed by atoms with Crippen molar-refractivity contribution in [1.29, 1.82) is 0 Å². The molecular weight excluding hydrogens is 598 g/mol. The first-order valence-electron chi connectivity index (χ1n) is 14.3. The molecule has 4 aromatic rings. The van der Waals surface area contributed by atoms with Crippen LogP contribution in [-0.4, -0.2) is 50.5 Å². The smallest absolute Gasteiger partial charge is 0.244 e. The van der Waals surface area contributed by atoms with E-state index < -0.39 is 28.5 Å². The average Bonchev–Trinajstić information content (AvgIpc) is 3.01. The summed E-state index contributed by atoms with van der Waals surface area (Å²) in [7, 11) is -3.89. The van der Waals surface area contributed by atoms with Crippen molar-refractivity contribution in [3.63, 3.8) is 0 Å². The summed E-state index contributed by atoms with van der Waals surface area (Å²) in [6.07, 6.45) is 2.01. The number of nitrogens with zero attached hydrogens (tertiary/aromatic N) is 2. The zero-order valence-corrected chi connectivity index (χ0v) is 26.3. The van der Waals surface area contributed by atoms with Crippen LogP contribution in [0.4, 0.5) is 5.69 Å². The fraction of sp³-hybridized carbons (Fsp3) is 0.235. The molecule has 4 rings (SSSR count). The van der Waals surface area contributed by atoms with Crippen molar-refractivity contribution in [2.45, 2.75) is 32.4 Å². The second-order valence-corrected chi connectivity index (χ2v) is 12.7. The Balaban J connectivity index is 1.67. The molecule has 0 heterocycles. The van der Waals surface area contributed by atoms with E-state index in [0.29, 0.717) is 34.3 Å². The molecule has 1 N–H and O–H groups in total. The lowest BCUT2D eigenvalue weighted by molar-refractivity contribution is -0.140. The van der Waals surface area contributed by atoms with Gasteiger partial charge in [0.1, 0.15) is 24.1 Å². The van der Waals surface area contributed by atoms with Gasteiger partial charge in [-0.3, -0.25) is 13.9 Å². The molecule has 0 saturated carbocycles. The second-order valence-electron chi connectivity index (χ2n) is 10.3. The van der Waals surface area contributed by atoms with Crippen molar-refractivity contribution < 1.29 is 22.7 Å². The Labute approximate surface area is 264 Å². The average molecular weight is 634 g/mol. The lowest BCUT2D eigenvalue weighted by Gasteiger charge is -2.33. The summed E-state index contributed by atoms with van der Waals surface area (Å²) < 4.78 is 32.9. The molecule has 230 valence electrons. The van der Waals surface area contributed by atoms with Crippen LogP contribution in [0.5, 0.6) is 11.5 Å². The zero-order chi connectivity index (χ0) is 31.5. The number of sulfonamides is 1. The number of hydrogen-bond donors (Lipinski definition) is 1. The van der Waals surface area contributed by atoms with E-state index in [0.717, 1.165) is 22.5 Å². The minimum absolute atomic E-state index is 0.0535. The lowest BCUT2D eigenvalue weighted by Crippen LogP contribution is -2.53. The summed E-state index contributed by atoms with van der Waals surface area (Å²) >= 11 is 6.26. The third-order valence-corrected chi connectivity index (χ3v) is 8.22. The minimum atomic E-state index is -3.89. The van der Waals surface area contributed by atoms with Gasteiger partial charge < -0.3 is 15.0 Å². The summed E-state index contributed by atoms with van der Waals surface area (Å²) in [6.45, 7) is 1.93. The topological polar surface area (TPSA) is 96.0 Å². The lowest BCUT2D eigenvalue weighted by atomic mass is 10.0. The molecule has 0 unspecified atom stereocenters. The van der Waals surface area contributed by atoms with Gasteiger partial charge in [-0.15, -0.1) is 0 Å². The van der Waals surface area contributed by atoms with Crippen LogP contribution < -0.4 is 14.4 Å². The fourth-order valence-electron chi connectivity index (χ4n) is 4.67. The predicted octanol–water partition coefficient (Wildman–Crippen LogP) is 6.06. The van der Waals surface area contributed by atoms with E-state index in [1.807, 2.05) is 73.7 Å². The van der Waals surface area contributed by atoms with E-state index in [9.17, 15) is 18.0 Å². The van der Waals surface area contributed by atoms with Crippen molar-refractivity contribution in [3.8, 4) is 11.5 Å². The summed E-state index contributed by atoms with van der Waals surface area (Å²) in [4.78, 5) is 29.2. The van der Waals surface area contributed by atoms with Crippen LogP contribution in [0.1, 0.15) is 24.5 Å². The molecule has 4 aromatic carbocycles. The van der Waals surface area contributed by atoms with Crippen LogP contribution in [0.2, 0.25) is 5.02 Å². The van der Waals surface area contributed by atoms with E-state index in [4.69, 9.17) is 16.3 Å². The highest BCUT2D eigenvalue weighted by Gasteiger charge is 2.33. The van der Waals surface area contributed by atoms with Gasteiger partial charge in [-0.1, -0.05) is 79.2 Å². The number of carbonyl (C=O) groups is 2. The van der Waals surface area contributed by atoms with Gasteiger partial charge in [0.15, 0.2) is 0 Å². The van der Waals surface area contributed by atoms with Crippen LogP contribution in [0, 0.1) is 0 Å². The first-order valence-corrected chi connectivity index (χ1v) is 16.5. The van der Waals surface area contributed by atoms with Gasteiger partial charge >= 0.3 is 0 Å². The molecule has 0 spiro atoms. The standard InChI is InChI=1S/C34H36ClN3O5S/c1-3-21-36-34(40)32(23-26-11-6-4-7-12-26)37(24-27-13-10-14-28(35)22-27)33(39)25-38(44(2,41)42)29-17-19-31(20-18-29)43-30-15-8-5-9-16-30/h4-20,22,32H,3,21,23-25H2,1-2H3,(H,36,40)/t32-/m0/s1. The normalized spacial score (nSPS) is 11.8. The number of halogens is 1. The third-order valence-electron chi connectivity index (χ3n) is 6.85. The molecule has 0 fully saturated rings. The predicted molar refractivity (Wildman–Crippen MR) is 174 cm³/mol. The van der Waals surface area contributed by atoms with Crippen molar-refractivity contribution in [3.05, 3.63) is 125 Å². The van der Waals surface area contributed by atoms with Crippen molar-refractivity contribution in [2.75, 3.05) is 23.7 Å². The molecule has 2 amide bonds. The first kappa shape index (κ1) is 32.6. The number of hydrogen-bond acceptors (Lipinski definition) is 5. The molecule has 8 nitrogen and oxygen atoms in total. The summed E-state index contributed by atoms with van der Waals surface area (Å²) in [5.41, 5.74) is 1.86. The molecule has 0 aliphatic heterocycles. The minimum Gasteiger partial charge on any atom is -0.457 e. The Kier molecular flexibility index (Phi) is 11.4. The largest absolute Gasteiger partial charge is 0.457 e. The number of ether oxygens (including phenoxy) is 1. The highest BCUT2D eigenvalue weighted by molar-refractivity contribution is 7.92. The highest BCUT2D eigenvalue weighted by Crippen LogP contribution is 2.26. The second kappa shape index (κ2) is 15.4. The molecule has 0 bridgehead atoms. The number of rotatable bonds is 14. The monoisotopic (exact) mass is 633 g/mol. The molecule has 0 aliphatic carbocycles. The van der Waals surface area contributed by atoms with Crippen LogP contribution in [0.3, 0.4) is 0 Å². The number of anilines is 1. The molecule has 1 atom stereocenters. The molecule has 0 radical (unpaired) electrons. The van der Waals surface area contributed by atoms with Crippen molar-refractivity contribution in [1.82, 2.24) is 10.2 Å². The maximum atomic E-state index is 14.2. The van der Waals surface area contributed by atoms with E-state index in [1.54, 1.807) is 42.5 Å². The Morgan fingerprint density at radius 2 is 1.45 bits per heavy atom. The van der Waals surface area contributed by atoms with Gasteiger partial charge in [-0.05, 0) is 66.1 Å². The van der Waals surface area contributed by atoms with E-state index >= 15 is 0 Å². The van der Waals surface area contributed by atoms with Gasteiger partial charge in [0.2, 0.25) is 21.8 Å². The van der Waals surface area contributed by atoms with Gasteiger partial charge in [0.05, 0.1) is 11.9 Å². The van der Waals surface area contributed by atoms with Gasteiger partial charge in [0.25, 0.3) is 0 Å². The number of nitrogens with one attached hydrogen (secondary N) is 1. The van der Waals surface area contributed by atoms with Crippen LogP contribution in [0.15, 0.2) is 109 Å². The highest BCUT2D eigenvalue weighted by atomic mass is 35.5. The van der Waals surface area contributed by atoms with Crippen LogP contribution in [-0.2, 0) is 32.6 Å². The third kappa shape index (κ3) is 9.33. The van der Waals surface area contributed by atoms with Crippen molar-refractivity contribution >= 4 is 39.1 Å². The maximum absolute atomic E-state index is 14.2. The maximum Gasteiger partial charge on any atom is 0.244 e. The summed E-state index contributed by atoms with van der Waals surface area (Å²) in [5, 5.41) is 3.41. The summed E-state index contributed by atoms with van der Waals surface area (Å²) in [6, 6.07) is 31.2. The van der Waals surface area contributed by atoms with Crippen LogP contribution >= 0.6 is 11.6 Å². The molecule has 44 heavy (non-hydrogen) atoms. The summed E-state index contributed by atoms with van der Waals surface area (Å²) in [5.74, 6) is 0.294. The SMILES string of the molecule is CCCNC(=O)[C@H](Cc1ccccc1)N(Cc1cccc(Cl)c1)C(=O)CN(c1ccc(Oc2ccccc2)cc1)S(C)(=O)=O. The Hall–Kier alpha value is -4.34. The first-order chi connectivity index (χ1) is 21.1. The molecular formula is C34H36ClN3O5S. The van der Waals surface area contributed by atoms with Gasteiger partial charge in [0, 0.05) is 24.5 Å². The Morgan fingerprint density at radius 1 is 0.841 bits per heavy atom. The number of amides is 2. The Bertz CT molecular complexity index is 1630. The van der Waals surface area contributed by atoms with Crippen LogP contribution in [0.25, 0.3) is 0 Å². The number of benzene rings is 4. The molecule has 10 heteroatoms. The van der Waals surface area contributed by atoms with E-state index in [-0.39, 0.29) is 18.9 Å². The Morgan fingerprint density at radius 3 is 2.07 bits per heavy atom. The van der Waals surface area contributed by atoms with Gasteiger partial charge in [-0.25, -0.2) is 8.42 Å². The molecule has 0 saturated heterocycles. The molecule has 0 aromatic heterocycles. The zero-order valence-electron chi connectivity index (χ0n) is 24.7. The van der Waals surface area contributed by atoms with Gasteiger partial charge in [-0.2, -0.15) is 0 Å². The van der Waals surface area contributed by atoms with Crippen molar-refractivity contribution in [2.24, 2.45) is 0 Å². The van der Waals surface area contributed by atoms with E-state index in [1.165, 1.54) is 4.90 Å². The molecule has 0 aliphatic rings. The fourth-order valence-corrected chi connectivity index (χ4v) is 5.73. The number of carbonyl (C=O) groups excluding carboxylic acids is 2.